The monoisotopic (exact) mass is 379 g/mol. The van der Waals surface area contributed by atoms with Gasteiger partial charge in [0, 0.05) is 13.1 Å². The van der Waals surface area contributed by atoms with Crippen LogP contribution in [0.15, 0.2) is 66.9 Å². The van der Waals surface area contributed by atoms with Crippen LogP contribution in [0.3, 0.4) is 0 Å². The molecule has 0 aliphatic heterocycles. The largest absolute Gasteiger partial charge is 0.496 e. The zero-order valence-corrected chi connectivity index (χ0v) is 15.6. The minimum Gasteiger partial charge on any atom is -0.496 e. The molecule has 144 valence electrons. The molecule has 28 heavy (non-hydrogen) atoms. The van der Waals surface area contributed by atoms with Crippen LogP contribution in [-0.4, -0.2) is 24.5 Å². The highest BCUT2D eigenvalue weighted by Gasteiger charge is 2.08. The Morgan fingerprint density at radius 2 is 1.86 bits per heavy atom. The van der Waals surface area contributed by atoms with Crippen molar-refractivity contribution in [3.8, 4) is 5.75 Å². The number of pyridine rings is 1. The second-order valence-corrected chi connectivity index (χ2v) is 6.23. The maximum atomic E-state index is 12.9. The maximum Gasteiger partial charge on any atom is 0.269 e. The summed E-state index contributed by atoms with van der Waals surface area (Å²) in [6.07, 6.45) is 2.28. The van der Waals surface area contributed by atoms with Crippen LogP contribution in [0.1, 0.15) is 21.6 Å². The van der Waals surface area contributed by atoms with Gasteiger partial charge in [-0.05, 0) is 47.9 Å². The number of nitrogens with one attached hydrogen (secondary N) is 2. The second kappa shape index (κ2) is 9.50. The summed E-state index contributed by atoms with van der Waals surface area (Å²) in [4.78, 5) is 16.5. The molecule has 0 radical (unpaired) electrons. The minimum absolute atomic E-state index is 0.222. The lowest BCUT2D eigenvalue weighted by molar-refractivity contribution is 0.0949. The average molecular weight is 379 g/mol. The lowest BCUT2D eigenvalue weighted by Crippen LogP contribution is -2.26. The number of benzene rings is 2. The molecule has 0 bridgehead atoms. The number of rotatable bonds is 8. The van der Waals surface area contributed by atoms with Gasteiger partial charge in [-0.1, -0.05) is 30.3 Å². The van der Waals surface area contributed by atoms with Gasteiger partial charge >= 0.3 is 0 Å². The highest BCUT2D eigenvalue weighted by atomic mass is 19.1. The summed E-state index contributed by atoms with van der Waals surface area (Å²) in [5, 5.41) is 6.06. The molecule has 5 nitrogen and oxygen atoms in total. The molecule has 3 rings (SSSR count). The van der Waals surface area contributed by atoms with Gasteiger partial charge in [0.15, 0.2) is 0 Å². The molecule has 0 saturated carbocycles. The van der Waals surface area contributed by atoms with Crippen molar-refractivity contribution in [2.45, 2.75) is 13.0 Å². The first kappa shape index (κ1) is 19.4. The van der Waals surface area contributed by atoms with Gasteiger partial charge in [0.25, 0.3) is 5.91 Å². The number of anilines is 1. The van der Waals surface area contributed by atoms with Gasteiger partial charge in [-0.3, -0.25) is 4.79 Å². The van der Waals surface area contributed by atoms with Crippen molar-refractivity contribution < 1.29 is 13.9 Å². The number of halogens is 1. The Hall–Kier alpha value is -3.41. The fourth-order valence-electron chi connectivity index (χ4n) is 2.75. The number of carbonyl (C=O) groups excluding carboxylic acids is 1. The Kier molecular flexibility index (Phi) is 6.57. The highest BCUT2D eigenvalue weighted by molar-refractivity contribution is 5.92. The highest BCUT2D eigenvalue weighted by Crippen LogP contribution is 2.17. The number of para-hydroxylation sites is 1. The van der Waals surface area contributed by atoms with Crippen LogP contribution in [0.5, 0.6) is 5.75 Å². The summed E-state index contributed by atoms with van der Waals surface area (Å²) in [7, 11) is 1.63. The predicted molar refractivity (Wildman–Crippen MR) is 107 cm³/mol. The van der Waals surface area contributed by atoms with Crippen LogP contribution in [0.25, 0.3) is 0 Å². The van der Waals surface area contributed by atoms with Crippen molar-refractivity contribution in [1.82, 2.24) is 10.3 Å². The number of carbonyl (C=O) groups is 1. The average Bonchev–Trinajstić information content (AvgIpc) is 2.74. The van der Waals surface area contributed by atoms with Gasteiger partial charge in [-0.25, -0.2) is 9.37 Å². The zero-order chi connectivity index (χ0) is 19.8. The molecular formula is C22H22FN3O2. The van der Waals surface area contributed by atoms with Crippen LogP contribution in [-0.2, 0) is 13.0 Å². The summed E-state index contributed by atoms with van der Waals surface area (Å²) in [5.41, 5.74) is 3.14. The summed E-state index contributed by atoms with van der Waals surface area (Å²) >= 11 is 0. The van der Waals surface area contributed by atoms with Gasteiger partial charge in [-0.15, -0.1) is 0 Å². The Morgan fingerprint density at radius 3 is 2.57 bits per heavy atom. The molecule has 0 atom stereocenters. The van der Waals surface area contributed by atoms with Crippen molar-refractivity contribution >= 4 is 11.6 Å². The third kappa shape index (κ3) is 5.30. The quantitative estimate of drug-likeness (QED) is 0.625. The third-order valence-corrected chi connectivity index (χ3v) is 4.28. The lowest BCUT2D eigenvalue weighted by atomic mass is 10.1. The van der Waals surface area contributed by atoms with Crippen LogP contribution >= 0.6 is 0 Å². The van der Waals surface area contributed by atoms with Crippen LogP contribution in [0, 0.1) is 5.82 Å². The third-order valence-electron chi connectivity index (χ3n) is 4.28. The summed E-state index contributed by atoms with van der Waals surface area (Å²) in [5.74, 6) is 0.331. The Bertz CT molecular complexity index is 912. The first-order chi connectivity index (χ1) is 13.7. The minimum atomic E-state index is -0.258. The fourth-order valence-corrected chi connectivity index (χ4v) is 2.75. The fraction of sp³-hybridized carbons (Fsp3) is 0.182. The molecule has 0 aliphatic carbocycles. The van der Waals surface area contributed by atoms with E-state index < -0.39 is 0 Å². The van der Waals surface area contributed by atoms with Crippen LogP contribution < -0.4 is 15.4 Å². The molecule has 1 amide bonds. The van der Waals surface area contributed by atoms with E-state index >= 15 is 0 Å². The van der Waals surface area contributed by atoms with Crippen LogP contribution in [0.4, 0.5) is 10.1 Å². The lowest BCUT2D eigenvalue weighted by Gasteiger charge is -2.09. The summed E-state index contributed by atoms with van der Waals surface area (Å²) in [6.45, 7) is 1.04. The maximum absolute atomic E-state index is 12.9. The molecule has 0 spiro atoms. The molecule has 1 heterocycles. The second-order valence-electron chi connectivity index (χ2n) is 6.23. The number of hydrogen-bond donors (Lipinski definition) is 2. The molecule has 0 fully saturated rings. The first-order valence-corrected chi connectivity index (χ1v) is 9.00. The van der Waals surface area contributed by atoms with E-state index in [1.54, 1.807) is 37.6 Å². The normalized spacial score (nSPS) is 10.4. The Labute approximate surface area is 163 Å². The van der Waals surface area contributed by atoms with Gasteiger partial charge in [0.2, 0.25) is 0 Å². The summed E-state index contributed by atoms with van der Waals surface area (Å²) in [6, 6.07) is 17.5. The molecule has 0 saturated heterocycles. The van der Waals surface area contributed by atoms with E-state index in [0.29, 0.717) is 25.2 Å². The molecule has 2 N–H and O–H groups in total. The van der Waals surface area contributed by atoms with Crippen molar-refractivity contribution in [3.05, 3.63) is 89.5 Å². The van der Waals surface area contributed by atoms with E-state index in [0.717, 1.165) is 22.6 Å². The molecular weight excluding hydrogens is 357 g/mol. The number of nitrogens with zero attached hydrogens (tertiary/aromatic N) is 1. The zero-order valence-electron chi connectivity index (χ0n) is 15.6. The number of hydrogen-bond acceptors (Lipinski definition) is 4. The predicted octanol–water partition coefficient (Wildman–Crippen LogP) is 3.81. The van der Waals surface area contributed by atoms with Gasteiger partial charge in [-0.2, -0.15) is 0 Å². The molecule has 2 aromatic carbocycles. The Morgan fingerprint density at radius 1 is 1.07 bits per heavy atom. The number of methoxy groups -OCH3 is 1. The van der Waals surface area contributed by atoms with E-state index in [1.165, 1.54) is 12.1 Å². The summed E-state index contributed by atoms with van der Waals surface area (Å²) < 4.78 is 18.2. The molecule has 6 heteroatoms. The van der Waals surface area contributed by atoms with E-state index in [1.807, 2.05) is 24.3 Å². The molecule has 0 aliphatic rings. The first-order valence-electron chi connectivity index (χ1n) is 9.00. The van der Waals surface area contributed by atoms with E-state index in [4.69, 9.17) is 4.74 Å². The van der Waals surface area contributed by atoms with E-state index in [2.05, 4.69) is 15.6 Å². The number of aromatic nitrogens is 1. The standard InChI is InChI=1S/C22H22FN3O2/c1-28-21-5-3-2-4-17(21)12-13-24-22(27)20-11-10-19(15-26-20)25-14-16-6-8-18(23)9-7-16/h2-11,15,25H,12-14H2,1H3,(H,24,27). The molecule has 3 aromatic rings. The SMILES string of the molecule is COc1ccccc1CCNC(=O)c1ccc(NCc2ccc(F)cc2)cn1. The van der Waals surface area contributed by atoms with Gasteiger partial charge in [0.05, 0.1) is 19.0 Å². The Balaban J connectivity index is 1.48. The molecule has 0 unspecified atom stereocenters. The van der Waals surface area contributed by atoms with Crippen molar-refractivity contribution in [1.29, 1.82) is 0 Å². The van der Waals surface area contributed by atoms with Gasteiger partial charge in [0.1, 0.15) is 17.3 Å². The number of ether oxygens (including phenoxy) is 1. The van der Waals surface area contributed by atoms with Gasteiger partial charge < -0.3 is 15.4 Å². The topological polar surface area (TPSA) is 63.2 Å². The van der Waals surface area contributed by atoms with Crippen molar-refractivity contribution in [2.75, 3.05) is 19.0 Å². The van der Waals surface area contributed by atoms with Crippen molar-refractivity contribution in [2.24, 2.45) is 0 Å². The van der Waals surface area contributed by atoms with E-state index in [-0.39, 0.29) is 11.7 Å². The number of amides is 1. The van der Waals surface area contributed by atoms with E-state index in [9.17, 15) is 9.18 Å². The molecule has 1 aromatic heterocycles. The van der Waals surface area contributed by atoms with Crippen LogP contribution in [0.2, 0.25) is 0 Å². The van der Waals surface area contributed by atoms with Crippen molar-refractivity contribution in [3.63, 3.8) is 0 Å². The smallest absolute Gasteiger partial charge is 0.269 e.